The number of hydrogen-bond donors (Lipinski definition) is 2. The Kier molecular flexibility index (Phi) is 2.99. The van der Waals surface area contributed by atoms with E-state index in [4.69, 9.17) is 10.2 Å². The lowest BCUT2D eigenvalue weighted by molar-refractivity contribution is 0.466. The van der Waals surface area contributed by atoms with Crippen LogP contribution in [0, 0.1) is 13.8 Å². The normalized spacial score (nSPS) is 12.4. The van der Waals surface area contributed by atoms with Gasteiger partial charge in [-0.15, -0.1) is 0 Å². The molecule has 2 aromatic heterocycles. The lowest BCUT2D eigenvalue weighted by atomic mass is 10.2. The van der Waals surface area contributed by atoms with Crippen molar-refractivity contribution in [3.8, 4) is 0 Å². The maximum Gasteiger partial charge on any atom is 0.135 e. The first-order valence-corrected chi connectivity index (χ1v) is 5.48. The summed E-state index contributed by atoms with van der Waals surface area (Å²) >= 11 is 0. The molecule has 0 bridgehead atoms. The van der Waals surface area contributed by atoms with Crippen LogP contribution in [-0.2, 0) is 0 Å². The Morgan fingerprint density at radius 3 is 2.71 bits per heavy atom. The monoisotopic (exact) mass is 232 g/mol. The van der Waals surface area contributed by atoms with Gasteiger partial charge in [0.15, 0.2) is 0 Å². The van der Waals surface area contributed by atoms with Crippen molar-refractivity contribution < 1.29 is 4.42 Å². The topological polar surface area (TPSA) is 77.0 Å². The van der Waals surface area contributed by atoms with Gasteiger partial charge in [-0.05, 0) is 32.9 Å². The van der Waals surface area contributed by atoms with Gasteiger partial charge in [-0.2, -0.15) is 0 Å². The first kappa shape index (κ1) is 11.4. The quantitative estimate of drug-likeness (QED) is 0.849. The molecule has 0 amide bonds. The Morgan fingerprint density at radius 2 is 2.06 bits per heavy atom. The number of nitrogen functional groups attached to an aromatic ring is 1. The molecule has 3 N–H and O–H groups in total. The molecule has 0 aliphatic heterocycles. The predicted octanol–water partition coefficient (Wildman–Crippen LogP) is 2.44. The van der Waals surface area contributed by atoms with Gasteiger partial charge in [0.05, 0.1) is 6.04 Å². The third kappa shape index (κ3) is 2.38. The van der Waals surface area contributed by atoms with Crippen LogP contribution in [0.15, 0.2) is 22.9 Å². The Morgan fingerprint density at radius 1 is 1.29 bits per heavy atom. The first-order valence-electron chi connectivity index (χ1n) is 5.48. The lowest BCUT2D eigenvalue weighted by Crippen LogP contribution is -2.10. The average Bonchev–Trinajstić information content (AvgIpc) is 2.72. The number of anilines is 2. The maximum absolute atomic E-state index is 5.72. The Hall–Kier alpha value is -2.04. The van der Waals surface area contributed by atoms with Crippen LogP contribution in [0.1, 0.15) is 30.0 Å². The van der Waals surface area contributed by atoms with Crippen LogP contribution in [0.5, 0.6) is 0 Å². The van der Waals surface area contributed by atoms with Crippen LogP contribution in [0.4, 0.5) is 11.6 Å². The summed E-state index contributed by atoms with van der Waals surface area (Å²) < 4.78 is 5.55. The molecule has 0 aliphatic rings. The number of aryl methyl sites for hydroxylation is 1. The summed E-state index contributed by atoms with van der Waals surface area (Å²) in [5, 5.41) is 3.26. The summed E-state index contributed by atoms with van der Waals surface area (Å²) in [6.07, 6.45) is 1.45. The molecule has 0 saturated heterocycles. The molecule has 0 aromatic carbocycles. The van der Waals surface area contributed by atoms with E-state index in [-0.39, 0.29) is 6.04 Å². The number of nitrogens with zero attached hydrogens (tertiary/aromatic N) is 2. The van der Waals surface area contributed by atoms with Gasteiger partial charge in [-0.1, -0.05) is 0 Å². The summed E-state index contributed by atoms with van der Waals surface area (Å²) in [6, 6.07) is 3.93. The molecule has 2 heterocycles. The van der Waals surface area contributed by atoms with Crippen LogP contribution < -0.4 is 11.1 Å². The zero-order chi connectivity index (χ0) is 12.4. The van der Waals surface area contributed by atoms with Crippen LogP contribution in [0.25, 0.3) is 0 Å². The highest BCUT2D eigenvalue weighted by Gasteiger charge is 2.12. The van der Waals surface area contributed by atoms with Gasteiger partial charge in [0.25, 0.3) is 0 Å². The SMILES string of the molecule is Cc1ccc(C(C)Nc2ncnc(N)c2C)o1. The molecule has 0 spiro atoms. The van der Waals surface area contributed by atoms with Crippen LogP contribution in [0.2, 0.25) is 0 Å². The average molecular weight is 232 g/mol. The second-order valence-corrected chi connectivity index (χ2v) is 4.05. The zero-order valence-electron chi connectivity index (χ0n) is 10.2. The molecule has 0 saturated carbocycles. The highest BCUT2D eigenvalue weighted by molar-refractivity contribution is 5.54. The second-order valence-electron chi connectivity index (χ2n) is 4.05. The highest BCUT2D eigenvalue weighted by Crippen LogP contribution is 2.23. The van der Waals surface area contributed by atoms with Crippen LogP contribution in [0.3, 0.4) is 0 Å². The fourth-order valence-electron chi connectivity index (χ4n) is 1.57. The maximum atomic E-state index is 5.72. The van der Waals surface area contributed by atoms with Crippen molar-refractivity contribution in [1.82, 2.24) is 9.97 Å². The summed E-state index contributed by atoms with van der Waals surface area (Å²) in [7, 11) is 0. The van der Waals surface area contributed by atoms with Gasteiger partial charge in [0, 0.05) is 5.56 Å². The molecule has 90 valence electrons. The van der Waals surface area contributed by atoms with E-state index < -0.39 is 0 Å². The Labute approximate surface area is 100 Å². The van der Waals surface area contributed by atoms with E-state index >= 15 is 0 Å². The number of aromatic nitrogens is 2. The van der Waals surface area contributed by atoms with Gasteiger partial charge < -0.3 is 15.5 Å². The number of nitrogens with one attached hydrogen (secondary N) is 1. The number of rotatable bonds is 3. The molecule has 5 nitrogen and oxygen atoms in total. The first-order chi connectivity index (χ1) is 8.08. The van der Waals surface area contributed by atoms with Gasteiger partial charge in [-0.25, -0.2) is 9.97 Å². The van der Waals surface area contributed by atoms with Crippen molar-refractivity contribution in [3.63, 3.8) is 0 Å². The highest BCUT2D eigenvalue weighted by atomic mass is 16.3. The second kappa shape index (κ2) is 4.45. The van der Waals surface area contributed by atoms with Crippen molar-refractivity contribution in [2.24, 2.45) is 0 Å². The molecule has 1 atom stereocenters. The van der Waals surface area contributed by atoms with Crippen molar-refractivity contribution in [3.05, 3.63) is 35.5 Å². The van der Waals surface area contributed by atoms with Crippen molar-refractivity contribution in [2.75, 3.05) is 11.1 Å². The minimum Gasteiger partial charge on any atom is -0.464 e. The van der Waals surface area contributed by atoms with E-state index in [1.165, 1.54) is 6.33 Å². The Bertz CT molecular complexity index is 521. The smallest absolute Gasteiger partial charge is 0.135 e. The summed E-state index contributed by atoms with van der Waals surface area (Å²) in [4.78, 5) is 8.09. The molecule has 2 rings (SSSR count). The van der Waals surface area contributed by atoms with E-state index in [1.54, 1.807) is 0 Å². The molecular weight excluding hydrogens is 216 g/mol. The molecule has 17 heavy (non-hydrogen) atoms. The van der Waals surface area contributed by atoms with E-state index in [2.05, 4.69) is 15.3 Å². The fourth-order valence-corrected chi connectivity index (χ4v) is 1.57. The molecule has 1 unspecified atom stereocenters. The summed E-state index contributed by atoms with van der Waals surface area (Å²) in [5.41, 5.74) is 6.57. The van der Waals surface area contributed by atoms with Gasteiger partial charge in [0.2, 0.25) is 0 Å². The van der Waals surface area contributed by atoms with Crippen LogP contribution >= 0.6 is 0 Å². The minimum atomic E-state index is 0.0386. The zero-order valence-corrected chi connectivity index (χ0v) is 10.2. The van der Waals surface area contributed by atoms with E-state index in [0.29, 0.717) is 5.82 Å². The van der Waals surface area contributed by atoms with Gasteiger partial charge in [-0.3, -0.25) is 0 Å². The van der Waals surface area contributed by atoms with Crippen LogP contribution in [-0.4, -0.2) is 9.97 Å². The fraction of sp³-hybridized carbons (Fsp3) is 0.333. The third-order valence-corrected chi connectivity index (χ3v) is 2.66. The van der Waals surface area contributed by atoms with E-state index in [1.807, 2.05) is 32.9 Å². The third-order valence-electron chi connectivity index (χ3n) is 2.66. The standard InChI is InChI=1S/C12H16N4O/c1-7-4-5-10(17-7)9(3)16-12-8(2)11(13)14-6-15-12/h4-6,9H,1-3H3,(H3,13,14,15,16). The largest absolute Gasteiger partial charge is 0.464 e. The van der Waals surface area contributed by atoms with Gasteiger partial charge in [0.1, 0.15) is 29.5 Å². The number of nitrogens with two attached hydrogens (primary N) is 1. The molecule has 2 aromatic rings. The molecular formula is C12H16N4O. The van der Waals surface area contributed by atoms with Crippen molar-refractivity contribution in [2.45, 2.75) is 26.8 Å². The molecule has 0 radical (unpaired) electrons. The van der Waals surface area contributed by atoms with Crippen molar-refractivity contribution >= 4 is 11.6 Å². The summed E-state index contributed by atoms with van der Waals surface area (Å²) in [5.74, 6) is 3.00. The number of furan rings is 1. The Balaban J connectivity index is 2.18. The molecule has 0 aliphatic carbocycles. The van der Waals surface area contributed by atoms with E-state index in [9.17, 15) is 0 Å². The van der Waals surface area contributed by atoms with Crippen molar-refractivity contribution in [1.29, 1.82) is 0 Å². The van der Waals surface area contributed by atoms with E-state index in [0.717, 1.165) is 22.9 Å². The number of hydrogen-bond acceptors (Lipinski definition) is 5. The molecule has 5 heteroatoms. The lowest BCUT2D eigenvalue weighted by Gasteiger charge is -2.14. The predicted molar refractivity (Wildman–Crippen MR) is 66.7 cm³/mol. The summed E-state index contributed by atoms with van der Waals surface area (Å²) in [6.45, 7) is 5.82. The van der Waals surface area contributed by atoms with Gasteiger partial charge >= 0.3 is 0 Å². The minimum absolute atomic E-state index is 0.0386. The molecule has 0 fully saturated rings.